The van der Waals surface area contributed by atoms with Gasteiger partial charge in [-0.25, -0.2) is 0 Å². The molecule has 0 spiro atoms. The Morgan fingerprint density at radius 1 is 0.920 bits per heavy atom. The zero-order valence-electron chi connectivity index (χ0n) is 14.0. The van der Waals surface area contributed by atoms with Crippen molar-refractivity contribution >= 4 is 17.5 Å². The van der Waals surface area contributed by atoms with Crippen LogP contribution in [0, 0.1) is 5.41 Å². The van der Waals surface area contributed by atoms with Crippen LogP contribution in [0.1, 0.15) is 23.1 Å². The molecule has 2 aromatic rings. The van der Waals surface area contributed by atoms with Gasteiger partial charge < -0.3 is 11.1 Å². The van der Waals surface area contributed by atoms with E-state index >= 15 is 0 Å². The van der Waals surface area contributed by atoms with Gasteiger partial charge >= 0.3 is 0 Å². The summed E-state index contributed by atoms with van der Waals surface area (Å²) >= 11 is 0. The lowest BCUT2D eigenvalue weighted by atomic mass is 9.89. The number of hydrogen-bond donors (Lipinski definition) is 2. The van der Waals surface area contributed by atoms with Crippen molar-refractivity contribution in [3.05, 3.63) is 95.1 Å². The fraction of sp³-hybridized carbons (Fsp3) is 0.0870. The maximum atomic E-state index is 8.02. The predicted molar refractivity (Wildman–Crippen MR) is 106 cm³/mol. The number of nitrogens with one attached hydrogen (secondary N) is 1. The molecule has 4 rings (SSSR count). The second-order valence-electron chi connectivity index (χ2n) is 6.35. The zero-order valence-corrected chi connectivity index (χ0v) is 14.0. The van der Waals surface area contributed by atoms with Gasteiger partial charge in [-0.05, 0) is 46.7 Å². The molecule has 0 heterocycles. The summed E-state index contributed by atoms with van der Waals surface area (Å²) in [6.45, 7) is 0. The van der Waals surface area contributed by atoms with Crippen LogP contribution in [0.25, 0.3) is 22.9 Å². The molecule has 25 heavy (non-hydrogen) atoms. The summed E-state index contributed by atoms with van der Waals surface area (Å²) in [7, 11) is 0. The SMILES string of the molecule is N=C1C=CC=C/C1=C(/N)c1ccc(-c2cccc3c2CCC=C3)cc1. The molecule has 0 atom stereocenters. The Hall–Kier alpha value is -3.13. The maximum absolute atomic E-state index is 8.02. The first kappa shape index (κ1) is 15.4. The number of allylic oxidation sites excluding steroid dienone is 6. The summed E-state index contributed by atoms with van der Waals surface area (Å²) in [6, 6.07) is 14.9. The minimum absolute atomic E-state index is 0.452. The maximum Gasteiger partial charge on any atom is 0.0633 e. The van der Waals surface area contributed by atoms with Gasteiger partial charge in [0.1, 0.15) is 0 Å². The van der Waals surface area contributed by atoms with Crippen LogP contribution < -0.4 is 5.73 Å². The minimum Gasteiger partial charge on any atom is -0.398 e. The Bertz CT molecular complexity index is 954. The molecule has 2 aliphatic carbocycles. The van der Waals surface area contributed by atoms with Crippen LogP contribution in [0.3, 0.4) is 0 Å². The number of fused-ring (bicyclic) bond motifs is 1. The van der Waals surface area contributed by atoms with Crippen molar-refractivity contribution in [1.82, 2.24) is 0 Å². The van der Waals surface area contributed by atoms with Gasteiger partial charge in [-0.2, -0.15) is 0 Å². The van der Waals surface area contributed by atoms with Crippen molar-refractivity contribution in [2.45, 2.75) is 12.8 Å². The third-order valence-electron chi connectivity index (χ3n) is 4.79. The summed E-state index contributed by atoms with van der Waals surface area (Å²) in [5.41, 5.74) is 14.4. The van der Waals surface area contributed by atoms with Gasteiger partial charge in [0, 0.05) is 11.3 Å². The monoisotopic (exact) mass is 324 g/mol. The van der Waals surface area contributed by atoms with E-state index in [0.29, 0.717) is 11.4 Å². The number of benzene rings is 2. The van der Waals surface area contributed by atoms with Crippen molar-refractivity contribution < 1.29 is 0 Å². The van der Waals surface area contributed by atoms with E-state index in [-0.39, 0.29) is 0 Å². The lowest BCUT2D eigenvalue weighted by Crippen LogP contribution is -2.08. The predicted octanol–water partition coefficient (Wildman–Crippen LogP) is 5.13. The summed E-state index contributed by atoms with van der Waals surface area (Å²) in [6.07, 6.45) is 14.1. The van der Waals surface area contributed by atoms with Crippen LogP contribution in [0.5, 0.6) is 0 Å². The van der Waals surface area contributed by atoms with Gasteiger partial charge in [0.25, 0.3) is 0 Å². The number of nitrogens with two attached hydrogens (primary N) is 1. The largest absolute Gasteiger partial charge is 0.398 e. The standard InChI is InChI=1S/C23H20N2/c24-22-11-4-3-9-21(22)23(25)18-14-12-17(13-15-18)20-10-5-7-16-6-1-2-8-19(16)20/h1,3-7,9-15,24H,2,8,25H2/b23-21-,24-22?. The summed E-state index contributed by atoms with van der Waals surface area (Å²) in [4.78, 5) is 0. The molecule has 0 saturated heterocycles. The molecule has 0 radical (unpaired) electrons. The van der Waals surface area contributed by atoms with Gasteiger partial charge in [-0.1, -0.05) is 72.8 Å². The van der Waals surface area contributed by atoms with E-state index in [0.717, 1.165) is 24.0 Å². The van der Waals surface area contributed by atoms with E-state index in [4.69, 9.17) is 11.1 Å². The highest BCUT2D eigenvalue weighted by atomic mass is 14.6. The molecular weight excluding hydrogens is 304 g/mol. The van der Waals surface area contributed by atoms with Crippen molar-refractivity contribution in [3.8, 4) is 11.1 Å². The summed E-state index contributed by atoms with van der Waals surface area (Å²) in [5.74, 6) is 0. The van der Waals surface area contributed by atoms with E-state index in [1.54, 1.807) is 6.08 Å². The first-order valence-corrected chi connectivity index (χ1v) is 8.57. The Morgan fingerprint density at radius 3 is 2.52 bits per heavy atom. The third-order valence-corrected chi connectivity index (χ3v) is 4.79. The molecule has 2 nitrogen and oxygen atoms in total. The van der Waals surface area contributed by atoms with E-state index in [1.807, 2.05) is 18.2 Å². The van der Waals surface area contributed by atoms with Gasteiger partial charge in [-0.15, -0.1) is 0 Å². The molecule has 3 N–H and O–H groups in total. The molecular formula is C23H20N2. The topological polar surface area (TPSA) is 49.9 Å². The van der Waals surface area contributed by atoms with Gasteiger partial charge in [0.2, 0.25) is 0 Å². The van der Waals surface area contributed by atoms with Crippen LogP contribution in [0.4, 0.5) is 0 Å². The molecule has 0 unspecified atom stereocenters. The smallest absolute Gasteiger partial charge is 0.0633 e. The molecule has 0 amide bonds. The zero-order chi connectivity index (χ0) is 17.2. The van der Waals surface area contributed by atoms with Crippen LogP contribution in [0.2, 0.25) is 0 Å². The van der Waals surface area contributed by atoms with Crippen molar-refractivity contribution in [2.75, 3.05) is 0 Å². The van der Waals surface area contributed by atoms with Crippen molar-refractivity contribution in [3.63, 3.8) is 0 Å². The molecule has 0 bridgehead atoms. The molecule has 2 heteroatoms. The molecule has 0 aromatic heterocycles. The number of hydrogen-bond acceptors (Lipinski definition) is 2. The van der Waals surface area contributed by atoms with Crippen molar-refractivity contribution in [2.24, 2.45) is 5.73 Å². The Labute approximate surface area is 148 Å². The average molecular weight is 324 g/mol. The quantitative estimate of drug-likeness (QED) is 0.790. The molecule has 2 aromatic carbocycles. The highest BCUT2D eigenvalue weighted by Crippen LogP contribution is 2.31. The Kier molecular flexibility index (Phi) is 3.95. The fourth-order valence-electron chi connectivity index (χ4n) is 3.45. The second kappa shape index (κ2) is 6.40. The summed E-state index contributed by atoms with van der Waals surface area (Å²) in [5, 5.41) is 8.02. The minimum atomic E-state index is 0.452. The van der Waals surface area contributed by atoms with Gasteiger partial charge in [0.15, 0.2) is 0 Å². The van der Waals surface area contributed by atoms with E-state index in [1.165, 1.54) is 22.3 Å². The van der Waals surface area contributed by atoms with Crippen LogP contribution >= 0.6 is 0 Å². The highest BCUT2D eigenvalue weighted by molar-refractivity contribution is 6.14. The molecule has 0 saturated carbocycles. The van der Waals surface area contributed by atoms with Crippen LogP contribution in [-0.4, -0.2) is 5.71 Å². The third kappa shape index (κ3) is 2.87. The van der Waals surface area contributed by atoms with E-state index < -0.39 is 0 Å². The van der Waals surface area contributed by atoms with Crippen molar-refractivity contribution in [1.29, 1.82) is 5.41 Å². The first-order chi connectivity index (χ1) is 12.2. The molecule has 0 aliphatic heterocycles. The fourth-order valence-corrected chi connectivity index (χ4v) is 3.45. The Balaban J connectivity index is 1.71. The first-order valence-electron chi connectivity index (χ1n) is 8.57. The molecule has 122 valence electrons. The van der Waals surface area contributed by atoms with E-state index in [2.05, 4.69) is 54.6 Å². The molecule has 0 fully saturated rings. The van der Waals surface area contributed by atoms with E-state index in [9.17, 15) is 0 Å². The van der Waals surface area contributed by atoms with Gasteiger partial charge in [0.05, 0.1) is 5.71 Å². The van der Waals surface area contributed by atoms with Crippen LogP contribution in [-0.2, 0) is 6.42 Å². The number of rotatable bonds is 2. The van der Waals surface area contributed by atoms with Gasteiger partial charge in [-0.3, -0.25) is 0 Å². The lowest BCUT2D eigenvalue weighted by Gasteiger charge is -2.16. The van der Waals surface area contributed by atoms with Crippen LogP contribution in [0.15, 0.2) is 78.4 Å². The molecule has 2 aliphatic rings. The highest BCUT2D eigenvalue weighted by Gasteiger charge is 2.12. The summed E-state index contributed by atoms with van der Waals surface area (Å²) < 4.78 is 0. The normalized spacial score (nSPS) is 17.5. The lowest BCUT2D eigenvalue weighted by molar-refractivity contribution is 0.988. The Morgan fingerprint density at radius 2 is 1.72 bits per heavy atom. The average Bonchev–Trinajstić information content (AvgIpc) is 2.67. The second-order valence-corrected chi connectivity index (χ2v) is 6.35.